The Hall–Kier alpha value is -1.10. The SMILES string of the molecule is CCCNC(=O)C(C)NCC(=O)NC(C)CC. The highest BCUT2D eigenvalue weighted by molar-refractivity contribution is 5.83. The lowest BCUT2D eigenvalue weighted by Gasteiger charge is -2.15. The van der Waals surface area contributed by atoms with E-state index in [2.05, 4.69) is 16.0 Å². The van der Waals surface area contributed by atoms with Crippen LogP contribution in [0.3, 0.4) is 0 Å². The molecule has 0 aromatic heterocycles. The van der Waals surface area contributed by atoms with E-state index in [1.165, 1.54) is 0 Å². The number of hydrogen-bond acceptors (Lipinski definition) is 3. The monoisotopic (exact) mass is 243 g/mol. The maximum atomic E-state index is 11.5. The molecular weight excluding hydrogens is 218 g/mol. The van der Waals surface area contributed by atoms with Crippen molar-refractivity contribution in [1.29, 1.82) is 0 Å². The van der Waals surface area contributed by atoms with Crippen molar-refractivity contribution in [2.45, 2.75) is 52.6 Å². The van der Waals surface area contributed by atoms with Crippen LogP contribution in [0.2, 0.25) is 0 Å². The van der Waals surface area contributed by atoms with Gasteiger partial charge in [0.15, 0.2) is 0 Å². The van der Waals surface area contributed by atoms with Gasteiger partial charge in [-0.3, -0.25) is 14.9 Å². The van der Waals surface area contributed by atoms with Gasteiger partial charge in [-0.25, -0.2) is 0 Å². The third-order valence-corrected chi connectivity index (χ3v) is 2.53. The Morgan fingerprint density at radius 3 is 2.35 bits per heavy atom. The Bertz CT molecular complexity index is 244. The highest BCUT2D eigenvalue weighted by Gasteiger charge is 2.13. The van der Waals surface area contributed by atoms with E-state index in [0.29, 0.717) is 6.54 Å². The van der Waals surface area contributed by atoms with Crippen LogP contribution in [0.4, 0.5) is 0 Å². The summed E-state index contributed by atoms with van der Waals surface area (Å²) in [5, 5.41) is 8.50. The first-order valence-corrected chi connectivity index (χ1v) is 6.31. The van der Waals surface area contributed by atoms with Crippen molar-refractivity contribution in [2.24, 2.45) is 0 Å². The van der Waals surface area contributed by atoms with Crippen molar-refractivity contribution >= 4 is 11.8 Å². The van der Waals surface area contributed by atoms with Crippen LogP contribution in [-0.2, 0) is 9.59 Å². The summed E-state index contributed by atoms with van der Waals surface area (Å²) in [6.45, 7) is 8.56. The van der Waals surface area contributed by atoms with E-state index in [9.17, 15) is 9.59 Å². The highest BCUT2D eigenvalue weighted by atomic mass is 16.2. The second-order valence-corrected chi connectivity index (χ2v) is 4.27. The van der Waals surface area contributed by atoms with Gasteiger partial charge in [0.25, 0.3) is 0 Å². The third-order valence-electron chi connectivity index (χ3n) is 2.53. The molecule has 0 aliphatic rings. The molecule has 2 unspecified atom stereocenters. The minimum absolute atomic E-state index is 0.0665. The summed E-state index contributed by atoms with van der Waals surface area (Å²) in [6, 6.07) is -0.169. The third kappa shape index (κ3) is 7.74. The second kappa shape index (κ2) is 8.98. The number of carbonyl (C=O) groups excluding carboxylic acids is 2. The molecule has 0 aliphatic carbocycles. The van der Waals surface area contributed by atoms with Gasteiger partial charge >= 0.3 is 0 Å². The first-order valence-electron chi connectivity index (χ1n) is 6.31. The first-order chi connectivity index (χ1) is 8.01. The Labute approximate surface area is 104 Å². The molecule has 100 valence electrons. The fourth-order valence-electron chi connectivity index (χ4n) is 1.17. The highest BCUT2D eigenvalue weighted by Crippen LogP contribution is 1.87. The summed E-state index contributed by atoms with van der Waals surface area (Å²) < 4.78 is 0. The predicted octanol–water partition coefficient (Wildman–Crippen LogP) is 0.405. The summed E-state index contributed by atoms with van der Waals surface area (Å²) >= 11 is 0. The Kier molecular flexibility index (Phi) is 8.40. The van der Waals surface area contributed by atoms with Crippen LogP contribution in [0, 0.1) is 0 Å². The molecule has 0 saturated carbocycles. The molecule has 5 heteroatoms. The van der Waals surface area contributed by atoms with Gasteiger partial charge in [-0.1, -0.05) is 13.8 Å². The van der Waals surface area contributed by atoms with Crippen molar-refractivity contribution in [2.75, 3.05) is 13.1 Å². The molecular formula is C12H25N3O2. The molecule has 0 radical (unpaired) electrons. The molecule has 17 heavy (non-hydrogen) atoms. The molecule has 0 rings (SSSR count). The van der Waals surface area contributed by atoms with Crippen molar-refractivity contribution in [1.82, 2.24) is 16.0 Å². The smallest absolute Gasteiger partial charge is 0.236 e. The largest absolute Gasteiger partial charge is 0.355 e. The number of hydrogen-bond donors (Lipinski definition) is 3. The quantitative estimate of drug-likeness (QED) is 0.578. The first kappa shape index (κ1) is 15.9. The van der Waals surface area contributed by atoms with Gasteiger partial charge in [0.05, 0.1) is 12.6 Å². The van der Waals surface area contributed by atoms with Gasteiger partial charge in [0.1, 0.15) is 0 Å². The minimum atomic E-state index is -0.343. The zero-order valence-corrected chi connectivity index (χ0v) is 11.3. The van der Waals surface area contributed by atoms with Crippen LogP contribution in [0.1, 0.15) is 40.5 Å². The molecule has 0 fully saturated rings. The van der Waals surface area contributed by atoms with Crippen molar-refractivity contribution in [3.63, 3.8) is 0 Å². The van der Waals surface area contributed by atoms with E-state index < -0.39 is 0 Å². The molecule has 2 atom stereocenters. The van der Waals surface area contributed by atoms with Crippen molar-refractivity contribution < 1.29 is 9.59 Å². The zero-order chi connectivity index (χ0) is 13.3. The van der Waals surface area contributed by atoms with E-state index in [-0.39, 0.29) is 30.4 Å². The van der Waals surface area contributed by atoms with Crippen LogP contribution < -0.4 is 16.0 Å². The van der Waals surface area contributed by atoms with Crippen LogP contribution in [0.25, 0.3) is 0 Å². The fraction of sp³-hybridized carbons (Fsp3) is 0.833. The van der Waals surface area contributed by atoms with Gasteiger partial charge < -0.3 is 10.6 Å². The summed E-state index contributed by atoms with van der Waals surface area (Å²) in [6.07, 6.45) is 1.81. The molecule has 0 heterocycles. The number of amides is 2. The minimum Gasteiger partial charge on any atom is -0.355 e. The van der Waals surface area contributed by atoms with E-state index in [1.807, 2.05) is 20.8 Å². The molecule has 0 bridgehead atoms. The maximum Gasteiger partial charge on any atom is 0.236 e. The average Bonchev–Trinajstić information content (AvgIpc) is 2.32. The number of carbonyl (C=O) groups is 2. The van der Waals surface area contributed by atoms with Crippen LogP contribution >= 0.6 is 0 Å². The molecule has 0 spiro atoms. The summed E-state index contributed by atoms with van der Waals surface area (Å²) in [5.74, 6) is -0.141. The lowest BCUT2D eigenvalue weighted by molar-refractivity contribution is -0.123. The Balaban J connectivity index is 3.78. The topological polar surface area (TPSA) is 70.2 Å². The van der Waals surface area contributed by atoms with Gasteiger partial charge in [-0.15, -0.1) is 0 Å². The van der Waals surface area contributed by atoms with Gasteiger partial charge in [0, 0.05) is 12.6 Å². The van der Waals surface area contributed by atoms with E-state index in [0.717, 1.165) is 12.8 Å². The molecule has 2 amide bonds. The summed E-state index contributed by atoms with van der Waals surface area (Å²) in [4.78, 5) is 22.9. The van der Waals surface area contributed by atoms with Gasteiger partial charge in [-0.05, 0) is 26.7 Å². The normalized spacial score (nSPS) is 13.9. The molecule has 0 aliphatic heterocycles. The van der Waals surface area contributed by atoms with Crippen LogP contribution in [0.15, 0.2) is 0 Å². The van der Waals surface area contributed by atoms with E-state index >= 15 is 0 Å². The molecule has 3 N–H and O–H groups in total. The maximum absolute atomic E-state index is 11.5. The summed E-state index contributed by atoms with van der Waals surface area (Å²) in [7, 11) is 0. The van der Waals surface area contributed by atoms with Crippen LogP contribution in [0.5, 0.6) is 0 Å². The van der Waals surface area contributed by atoms with Crippen molar-refractivity contribution in [3.05, 3.63) is 0 Å². The Morgan fingerprint density at radius 2 is 1.82 bits per heavy atom. The number of rotatable bonds is 8. The zero-order valence-electron chi connectivity index (χ0n) is 11.3. The average molecular weight is 243 g/mol. The lowest BCUT2D eigenvalue weighted by Crippen LogP contribution is -2.47. The van der Waals surface area contributed by atoms with Crippen molar-refractivity contribution in [3.8, 4) is 0 Å². The lowest BCUT2D eigenvalue weighted by atomic mass is 10.2. The number of nitrogens with one attached hydrogen (secondary N) is 3. The van der Waals surface area contributed by atoms with Gasteiger partial charge in [0.2, 0.25) is 11.8 Å². The molecule has 5 nitrogen and oxygen atoms in total. The van der Waals surface area contributed by atoms with E-state index in [4.69, 9.17) is 0 Å². The fourth-order valence-corrected chi connectivity index (χ4v) is 1.17. The molecule has 0 aromatic carbocycles. The van der Waals surface area contributed by atoms with Gasteiger partial charge in [-0.2, -0.15) is 0 Å². The van der Waals surface area contributed by atoms with E-state index in [1.54, 1.807) is 6.92 Å². The standard InChI is InChI=1S/C12H25N3O2/c1-5-7-13-12(17)10(4)14-8-11(16)15-9(3)6-2/h9-10,14H,5-8H2,1-4H3,(H,13,17)(H,15,16). The second-order valence-electron chi connectivity index (χ2n) is 4.27. The predicted molar refractivity (Wildman–Crippen MR) is 68.7 cm³/mol. The molecule has 0 aromatic rings. The Morgan fingerprint density at radius 1 is 1.18 bits per heavy atom. The summed E-state index contributed by atoms with van der Waals surface area (Å²) in [5.41, 5.74) is 0. The van der Waals surface area contributed by atoms with Crippen LogP contribution in [-0.4, -0.2) is 37.0 Å². The molecule has 0 saturated heterocycles.